The van der Waals surface area contributed by atoms with Gasteiger partial charge in [0, 0.05) is 11.4 Å². The third kappa shape index (κ3) is 3.07. The first-order valence-corrected chi connectivity index (χ1v) is 7.50. The second-order valence-corrected chi connectivity index (χ2v) is 6.32. The Bertz CT molecular complexity index is 499. The molecule has 1 heterocycles. The molecular weight excluding hydrogens is 258 g/mol. The molecule has 0 unspecified atom stereocenters. The van der Waals surface area contributed by atoms with Gasteiger partial charge in [-0.15, -0.1) is 17.8 Å². The fourth-order valence-electron chi connectivity index (χ4n) is 1.45. The van der Waals surface area contributed by atoms with Gasteiger partial charge < -0.3 is 5.11 Å². The molecule has 0 aliphatic rings. The average molecular weight is 273 g/mol. The van der Waals surface area contributed by atoms with Crippen molar-refractivity contribution >= 4 is 21.4 Å². The molecule has 0 saturated carbocycles. The first-order chi connectivity index (χ1) is 8.07. The summed E-state index contributed by atoms with van der Waals surface area (Å²) in [5.74, 6) is 2.35. The number of nitrogens with zero attached hydrogens (tertiary/aromatic N) is 1. The van der Waals surface area contributed by atoms with Gasteiger partial charge >= 0.3 is 0 Å². The van der Waals surface area contributed by atoms with Crippen LogP contribution in [0.4, 0.5) is 0 Å². The predicted molar refractivity (Wildman–Crippen MR) is 68.1 cm³/mol. The van der Waals surface area contributed by atoms with E-state index in [4.69, 9.17) is 11.5 Å². The van der Waals surface area contributed by atoms with Crippen LogP contribution in [-0.2, 0) is 16.6 Å². The maximum Gasteiger partial charge on any atom is 0.245 e. The van der Waals surface area contributed by atoms with Crippen LogP contribution in [0.5, 0.6) is 0 Å². The van der Waals surface area contributed by atoms with E-state index in [-0.39, 0.29) is 18.0 Å². The van der Waals surface area contributed by atoms with E-state index in [1.54, 1.807) is 5.38 Å². The molecule has 6 heteroatoms. The van der Waals surface area contributed by atoms with Crippen LogP contribution in [0.2, 0.25) is 0 Å². The van der Waals surface area contributed by atoms with Crippen LogP contribution in [-0.4, -0.2) is 30.9 Å². The Labute approximate surface area is 106 Å². The summed E-state index contributed by atoms with van der Waals surface area (Å²) in [6.45, 7) is 2.05. The highest BCUT2D eigenvalue weighted by atomic mass is 32.2. The van der Waals surface area contributed by atoms with Gasteiger partial charge in [0.2, 0.25) is 10.0 Å². The molecule has 0 bridgehead atoms. The molecule has 94 valence electrons. The molecule has 0 aliphatic heterocycles. The maximum atomic E-state index is 12.3. The number of hydrogen-bond acceptors (Lipinski definition) is 4. The van der Waals surface area contributed by atoms with Crippen LogP contribution in [0.15, 0.2) is 16.3 Å². The van der Waals surface area contributed by atoms with Gasteiger partial charge in [-0.1, -0.05) is 12.8 Å². The van der Waals surface area contributed by atoms with Crippen molar-refractivity contribution in [1.29, 1.82) is 0 Å². The van der Waals surface area contributed by atoms with Gasteiger partial charge in [0.05, 0.1) is 18.0 Å². The lowest BCUT2D eigenvalue weighted by Gasteiger charge is -2.19. The molecule has 0 fully saturated rings. The van der Waals surface area contributed by atoms with Crippen LogP contribution >= 0.6 is 11.3 Å². The molecule has 0 radical (unpaired) electrons. The normalized spacial score (nSPS) is 11.6. The molecule has 17 heavy (non-hydrogen) atoms. The van der Waals surface area contributed by atoms with E-state index >= 15 is 0 Å². The Kier molecular flexibility index (Phi) is 5.15. The maximum absolute atomic E-state index is 12.3. The van der Waals surface area contributed by atoms with Gasteiger partial charge in [0.25, 0.3) is 0 Å². The number of terminal acetylenes is 1. The number of aliphatic hydroxyl groups excluding tert-OH is 1. The summed E-state index contributed by atoms with van der Waals surface area (Å²) in [6, 6.07) is 1.50. The molecule has 0 spiro atoms. The van der Waals surface area contributed by atoms with E-state index < -0.39 is 10.0 Å². The van der Waals surface area contributed by atoms with Gasteiger partial charge in [-0.3, -0.25) is 0 Å². The lowest BCUT2D eigenvalue weighted by atomic mass is 10.5. The van der Waals surface area contributed by atoms with E-state index in [9.17, 15) is 8.42 Å². The van der Waals surface area contributed by atoms with Crippen molar-refractivity contribution in [1.82, 2.24) is 4.31 Å². The third-order valence-electron chi connectivity index (χ3n) is 2.21. The summed E-state index contributed by atoms with van der Waals surface area (Å²) in [5.41, 5.74) is 0. The Hall–Kier alpha value is -0.870. The molecule has 0 aromatic carbocycles. The van der Waals surface area contributed by atoms with Crippen molar-refractivity contribution in [2.45, 2.75) is 24.8 Å². The van der Waals surface area contributed by atoms with Crippen molar-refractivity contribution in [3.63, 3.8) is 0 Å². The van der Waals surface area contributed by atoms with Gasteiger partial charge in [-0.05, 0) is 17.9 Å². The van der Waals surface area contributed by atoms with E-state index in [1.807, 2.05) is 6.92 Å². The zero-order valence-electron chi connectivity index (χ0n) is 9.59. The lowest BCUT2D eigenvalue weighted by Crippen LogP contribution is -2.32. The van der Waals surface area contributed by atoms with E-state index in [0.717, 1.165) is 0 Å². The Balaban J connectivity index is 3.12. The summed E-state index contributed by atoms with van der Waals surface area (Å²) >= 11 is 1.22. The summed E-state index contributed by atoms with van der Waals surface area (Å²) in [4.78, 5) is 0.608. The smallest absolute Gasteiger partial charge is 0.245 e. The molecule has 0 saturated heterocycles. The average Bonchev–Trinajstić information content (AvgIpc) is 2.77. The highest BCUT2D eigenvalue weighted by Gasteiger charge is 2.26. The second-order valence-electron chi connectivity index (χ2n) is 3.41. The second kappa shape index (κ2) is 6.17. The summed E-state index contributed by atoms with van der Waals surface area (Å²) < 4.78 is 25.8. The van der Waals surface area contributed by atoms with Crippen molar-refractivity contribution in [2.75, 3.05) is 13.1 Å². The molecule has 1 aromatic rings. The topological polar surface area (TPSA) is 57.6 Å². The SMILES string of the molecule is C#CCN(CCC)S(=O)(=O)c1ccsc1CO. The summed E-state index contributed by atoms with van der Waals surface area (Å²) in [5, 5.41) is 10.8. The minimum absolute atomic E-state index is 0.0525. The van der Waals surface area contributed by atoms with Gasteiger partial charge in [0.15, 0.2) is 0 Å². The first-order valence-electron chi connectivity index (χ1n) is 5.18. The van der Waals surface area contributed by atoms with Crippen LogP contribution in [0.1, 0.15) is 18.2 Å². The van der Waals surface area contributed by atoms with Crippen molar-refractivity contribution in [3.8, 4) is 12.3 Å². The van der Waals surface area contributed by atoms with Crippen molar-refractivity contribution in [2.24, 2.45) is 0 Å². The highest BCUT2D eigenvalue weighted by molar-refractivity contribution is 7.89. The first kappa shape index (κ1) is 14.2. The molecule has 0 atom stereocenters. The number of aliphatic hydroxyl groups is 1. The fourth-order valence-corrected chi connectivity index (χ4v) is 4.16. The Morgan fingerprint density at radius 2 is 2.29 bits per heavy atom. The standard InChI is InChI=1S/C11H15NO3S2/c1-3-6-12(7-4-2)17(14,15)11-5-8-16-10(11)9-13/h1,5,8,13H,4,6-7,9H2,2H3. The quantitative estimate of drug-likeness (QED) is 0.794. The number of rotatable bonds is 6. The highest BCUT2D eigenvalue weighted by Crippen LogP contribution is 2.25. The van der Waals surface area contributed by atoms with Crippen LogP contribution in [0.25, 0.3) is 0 Å². The summed E-state index contributed by atoms with van der Waals surface area (Å²) in [7, 11) is -3.58. The van der Waals surface area contributed by atoms with Crippen LogP contribution < -0.4 is 0 Å². The van der Waals surface area contributed by atoms with Gasteiger partial charge in [0.1, 0.15) is 0 Å². The Morgan fingerprint density at radius 3 is 2.82 bits per heavy atom. The fraction of sp³-hybridized carbons (Fsp3) is 0.455. The molecule has 0 aliphatic carbocycles. The minimum Gasteiger partial charge on any atom is -0.391 e. The number of hydrogen-bond donors (Lipinski definition) is 1. The van der Waals surface area contributed by atoms with Gasteiger partial charge in [-0.25, -0.2) is 8.42 Å². The molecule has 0 amide bonds. The number of thiophene rings is 1. The monoisotopic (exact) mass is 273 g/mol. The molecule has 4 nitrogen and oxygen atoms in total. The largest absolute Gasteiger partial charge is 0.391 e. The third-order valence-corrected chi connectivity index (χ3v) is 5.17. The predicted octanol–water partition coefficient (Wildman–Crippen LogP) is 1.27. The van der Waals surface area contributed by atoms with Crippen molar-refractivity contribution in [3.05, 3.63) is 16.3 Å². The zero-order valence-corrected chi connectivity index (χ0v) is 11.2. The zero-order chi connectivity index (χ0) is 12.9. The number of sulfonamides is 1. The molecule has 1 rings (SSSR count). The lowest BCUT2D eigenvalue weighted by molar-refractivity contribution is 0.282. The summed E-state index contributed by atoms with van der Waals surface area (Å²) in [6.07, 6.45) is 5.87. The minimum atomic E-state index is -3.58. The molecule has 1 aromatic heterocycles. The van der Waals surface area contributed by atoms with E-state index in [0.29, 0.717) is 17.8 Å². The van der Waals surface area contributed by atoms with E-state index in [2.05, 4.69) is 5.92 Å². The Morgan fingerprint density at radius 1 is 1.59 bits per heavy atom. The van der Waals surface area contributed by atoms with Crippen molar-refractivity contribution < 1.29 is 13.5 Å². The van der Waals surface area contributed by atoms with Gasteiger partial charge in [-0.2, -0.15) is 4.31 Å². The van der Waals surface area contributed by atoms with E-state index in [1.165, 1.54) is 21.7 Å². The molecule has 1 N–H and O–H groups in total. The van der Waals surface area contributed by atoms with Crippen LogP contribution in [0.3, 0.4) is 0 Å². The molecular formula is C11H15NO3S2. The van der Waals surface area contributed by atoms with Crippen LogP contribution in [0, 0.1) is 12.3 Å².